The van der Waals surface area contributed by atoms with Gasteiger partial charge in [0.2, 0.25) is 0 Å². The molecule has 0 radical (unpaired) electrons. The number of benzene rings is 1. The molecule has 4 nitrogen and oxygen atoms in total. The minimum Gasteiger partial charge on any atom is -0.488 e. The van der Waals surface area contributed by atoms with Gasteiger partial charge in [0, 0.05) is 57.7 Å². The molecule has 0 saturated carbocycles. The topological polar surface area (TPSA) is 44.2 Å². The van der Waals surface area contributed by atoms with Crippen LogP contribution in [0.3, 0.4) is 0 Å². The third-order valence-electron chi connectivity index (χ3n) is 4.23. The molecule has 1 aliphatic rings. The fraction of sp³-hybridized carbons (Fsp3) is 0.400. The molecule has 0 atom stereocenters. The van der Waals surface area contributed by atoms with E-state index in [1.54, 1.807) is 12.4 Å². The summed E-state index contributed by atoms with van der Waals surface area (Å²) >= 11 is 5.93. The molecule has 0 spiro atoms. The van der Waals surface area contributed by atoms with Crippen LogP contribution >= 0.6 is 35.3 Å². The summed E-state index contributed by atoms with van der Waals surface area (Å²) in [4.78, 5) is 9.15. The molecule has 0 saturated heterocycles. The van der Waals surface area contributed by atoms with Crippen molar-refractivity contribution >= 4 is 57.1 Å². The van der Waals surface area contributed by atoms with E-state index in [-0.39, 0.29) is 0 Å². The molecule has 0 unspecified atom stereocenters. The van der Waals surface area contributed by atoms with Gasteiger partial charge in [-0.25, -0.2) is 0 Å². The Morgan fingerprint density at radius 3 is 1.56 bits per heavy atom. The molecule has 0 aliphatic carbocycles. The van der Waals surface area contributed by atoms with Gasteiger partial charge >= 0.3 is 0 Å². The SMILES string of the molecule is c1cnc2c(c1)c1c(c3cccnc32)OCCSCCSCCSCCO1. The minimum atomic E-state index is 0.663. The van der Waals surface area contributed by atoms with Crippen molar-refractivity contribution in [3.63, 3.8) is 0 Å². The quantitative estimate of drug-likeness (QED) is 0.488. The number of rotatable bonds is 0. The zero-order valence-corrected chi connectivity index (χ0v) is 17.5. The molecule has 3 aromatic rings. The molecule has 4 rings (SSSR count). The summed E-state index contributed by atoms with van der Waals surface area (Å²) in [5, 5.41) is 1.94. The van der Waals surface area contributed by atoms with Crippen LogP contribution in [0.5, 0.6) is 11.5 Å². The molecule has 0 N–H and O–H groups in total. The molecule has 2 aromatic heterocycles. The van der Waals surface area contributed by atoms with Crippen molar-refractivity contribution in [3.8, 4) is 11.5 Å². The van der Waals surface area contributed by atoms with E-state index in [2.05, 4.69) is 9.97 Å². The average molecular weight is 419 g/mol. The highest BCUT2D eigenvalue weighted by Crippen LogP contribution is 2.42. The molecular formula is C20H22N2O2S3. The maximum absolute atomic E-state index is 6.26. The lowest BCUT2D eigenvalue weighted by Gasteiger charge is -2.17. The van der Waals surface area contributed by atoms with Gasteiger partial charge in [-0.15, -0.1) is 0 Å². The summed E-state index contributed by atoms with van der Waals surface area (Å²) in [7, 11) is 0. The first-order valence-electron chi connectivity index (χ1n) is 9.09. The predicted molar refractivity (Wildman–Crippen MR) is 120 cm³/mol. The first-order valence-corrected chi connectivity index (χ1v) is 12.6. The molecule has 1 aliphatic heterocycles. The van der Waals surface area contributed by atoms with Crippen molar-refractivity contribution in [2.75, 3.05) is 47.7 Å². The lowest BCUT2D eigenvalue weighted by Crippen LogP contribution is -2.07. The smallest absolute Gasteiger partial charge is 0.171 e. The summed E-state index contributed by atoms with van der Waals surface area (Å²) in [5.74, 6) is 8.31. The van der Waals surface area contributed by atoms with Gasteiger partial charge in [0.1, 0.15) is 11.0 Å². The van der Waals surface area contributed by atoms with E-state index in [1.165, 1.54) is 23.0 Å². The van der Waals surface area contributed by atoms with E-state index in [4.69, 9.17) is 9.47 Å². The number of hydrogen-bond donors (Lipinski definition) is 0. The standard InChI is InChI=1S/C20H22N2O2S3/c1-3-15-17(21-5-1)18-16(4-2-6-22-18)20-19(15)23-7-9-25-11-13-27-14-12-26-10-8-24-20/h1-6H,7-14H2. The average Bonchev–Trinajstić information content (AvgIpc) is 2.73. The Balaban J connectivity index is 1.75. The maximum atomic E-state index is 6.26. The second kappa shape index (κ2) is 9.75. The molecule has 7 heteroatoms. The number of nitrogens with zero attached hydrogens (tertiary/aromatic N) is 2. The second-order valence-electron chi connectivity index (χ2n) is 5.99. The molecule has 3 heterocycles. The van der Waals surface area contributed by atoms with Gasteiger partial charge in [0.25, 0.3) is 0 Å². The normalized spacial score (nSPS) is 17.3. The summed E-state index contributed by atoms with van der Waals surface area (Å²) < 4.78 is 12.5. The third kappa shape index (κ3) is 4.58. The van der Waals surface area contributed by atoms with Crippen molar-refractivity contribution in [1.29, 1.82) is 0 Å². The van der Waals surface area contributed by atoms with Crippen molar-refractivity contribution < 1.29 is 9.47 Å². The molecule has 0 fully saturated rings. The van der Waals surface area contributed by atoms with Crippen LogP contribution in [0.2, 0.25) is 0 Å². The first-order chi connectivity index (χ1) is 13.4. The van der Waals surface area contributed by atoms with Crippen molar-refractivity contribution in [3.05, 3.63) is 36.7 Å². The maximum Gasteiger partial charge on any atom is 0.171 e. The van der Waals surface area contributed by atoms with E-state index >= 15 is 0 Å². The summed E-state index contributed by atoms with van der Waals surface area (Å²) in [5.41, 5.74) is 1.73. The highest BCUT2D eigenvalue weighted by atomic mass is 32.2. The Kier molecular flexibility index (Phi) is 6.87. The Morgan fingerprint density at radius 2 is 1.07 bits per heavy atom. The van der Waals surface area contributed by atoms with E-state index in [0.29, 0.717) is 13.2 Å². The highest BCUT2D eigenvalue weighted by molar-refractivity contribution is 8.04. The van der Waals surface area contributed by atoms with Gasteiger partial charge in [-0.2, -0.15) is 35.3 Å². The monoisotopic (exact) mass is 418 g/mol. The third-order valence-corrected chi connectivity index (χ3v) is 7.63. The van der Waals surface area contributed by atoms with Crippen molar-refractivity contribution in [1.82, 2.24) is 9.97 Å². The molecule has 0 bridgehead atoms. The largest absolute Gasteiger partial charge is 0.488 e. The Morgan fingerprint density at radius 1 is 0.630 bits per heavy atom. The van der Waals surface area contributed by atoms with Crippen LogP contribution in [0.1, 0.15) is 0 Å². The molecule has 142 valence electrons. The molecule has 0 amide bonds. The zero-order chi connectivity index (χ0) is 18.3. The Bertz CT molecular complexity index is 834. The molecule has 27 heavy (non-hydrogen) atoms. The lowest BCUT2D eigenvalue weighted by molar-refractivity contribution is 0.297. The van der Waals surface area contributed by atoms with Gasteiger partial charge in [-0.1, -0.05) is 0 Å². The van der Waals surface area contributed by atoms with Crippen LogP contribution in [0.25, 0.3) is 21.8 Å². The van der Waals surface area contributed by atoms with Crippen molar-refractivity contribution in [2.45, 2.75) is 0 Å². The number of pyridine rings is 2. The highest BCUT2D eigenvalue weighted by Gasteiger charge is 2.18. The molecular weight excluding hydrogens is 396 g/mol. The Hall–Kier alpha value is -1.31. The van der Waals surface area contributed by atoms with Crippen LogP contribution in [0, 0.1) is 0 Å². The van der Waals surface area contributed by atoms with Crippen LogP contribution in [-0.4, -0.2) is 57.7 Å². The first kappa shape index (κ1) is 19.0. The second-order valence-corrected chi connectivity index (χ2v) is 9.67. The van der Waals surface area contributed by atoms with Crippen LogP contribution in [0.4, 0.5) is 0 Å². The van der Waals surface area contributed by atoms with E-state index in [9.17, 15) is 0 Å². The molecule has 1 aromatic carbocycles. The number of hydrogen-bond acceptors (Lipinski definition) is 7. The minimum absolute atomic E-state index is 0.663. The fourth-order valence-electron chi connectivity index (χ4n) is 3.03. The zero-order valence-electron chi connectivity index (χ0n) is 15.1. The van der Waals surface area contributed by atoms with Gasteiger partial charge in [-0.05, 0) is 24.3 Å². The van der Waals surface area contributed by atoms with E-state index in [0.717, 1.165) is 44.8 Å². The number of aromatic nitrogens is 2. The number of thioether (sulfide) groups is 3. The van der Waals surface area contributed by atoms with E-state index in [1.807, 2.05) is 59.6 Å². The Labute approximate surface area is 172 Å². The van der Waals surface area contributed by atoms with E-state index < -0.39 is 0 Å². The lowest BCUT2D eigenvalue weighted by atomic mass is 10.1. The van der Waals surface area contributed by atoms with Crippen LogP contribution < -0.4 is 9.47 Å². The van der Waals surface area contributed by atoms with Gasteiger partial charge in [0.05, 0.1) is 13.2 Å². The van der Waals surface area contributed by atoms with Crippen LogP contribution in [-0.2, 0) is 0 Å². The van der Waals surface area contributed by atoms with Gasteiger partial charge in [0.15, 0.2) is 11.5 Å². The van der Waals surface area contributed by atoms with Gasteiger partial charge < -0.3 is 9.47 Å². The number of fused-ring (bicyclic) bond motifs is 6. The van der Waals surface area contributed by atoms with Crippen LogP contribution in [0.15, 0.2) is 36.7 Å². The summed E-state index contributed by atoms with van der Waals surface area (Å²) in [6.07, 6.45) is 3.61. The summed E-state index contributed by atoms with van der Waals surface area (Å²) in [6, 6.07) is 7.98. The predicted octanol–water partition coefficient (Wildman–Crippen LogP) is 4.75. The number of ether oxygens (including phenoxy) is 2. The fourth-order valence-corrected chi connectivity index (χ4v) is 5.93. The summed E-state index contributed by atoms with van der Waals surface area (Å²) in [6.45, 7) is 1.33. The van der Waals surface area contributed by atoms with Crippen molar-refractivity contribution in [2.24, 2.45) is 0 Å². The van der Waals surface area contributed by atoms with Gasteiger partial charge in [-0.3, -0.25) is 9.97 Å².